The van der Waals surface area contributed by atoms with Crippen molar-refractivity contribution >= 4 is 29.5 Å². The van der Waals surface area contributed by atoms with Crippen LogP contribution in [0.5, 0.6) is 0 Å². The summed E-state index contributed by atoms with van der Waals surface area (Å²) in [5, 5.41) is 21.6. The van der Waals surface area contributed by atoms with Crippen molar-refractivity contribution in [2.24, 2.45) is 17.6 Å². The van der Waals surface area contributed by atoms with Crippen LogP contribution < -0.4 is 10.8 Å². The van der Waals surface area contributed by atoms with E-state index in [1.807, 2.05) is 21.0 Å². The SMILES string of the molecule is C[C@@H](O)[C@H]1C(=O)N2C(C(=O)[O-])=C(S[C@H]3C[C@@H](C(N)=O)[N+](C)(C)C3)[C@H](C)[C@H]12. The minimum Gasteiger partial charge on any atom is -0.543 e. The predicted molar refractivity (Wildman–Crippen MR) is 93.0 cm³/mol. The van der Waals surface area contributed by atoms with Crippen molar-refractivity contribution in [3.05, 3.63) is 10.6 Å². The fourth-order valence-electron chi connectivity index (χ4n) is 4.66. The summed E-state index contributed by atoms with van der Waals surface area (Å²) in [4.78, 5) is 37.6. The van der Waals surface area contributed by atoms with Crippen molar-refractivity contribution in [1.82, 2.24) is 4.90 Å². The lowest BCUT2D eigenvalue weighted by molar-refractivity contribution is -0.892. The van der Waals surface area contributed by atoms with Gasteiger partial charge in [-0.1, -0.05) is 6.92 Å². The number of nitrogens with zero attached hydrogens (tertiary/aromatic N) is 2. The summed E-state index contributed by atoms with van der Waals surface area (Å²) >= 11 is 1.41. The molecule has 3 aliphatic heterocycles. The zero-order valence-electron chi connectivity index (χ0n) is 15.3. The zero-order chi connectivity index (χ0) is 19.5. The minimum atomic E-state index is -1.38. The van der Waals surface area contributed by atoms with E-state index in [-0.39, 0.29) is 40.8 Å². The molecule has 0 unspecified atom stereocenters. The van der Waals surface area contributed by atoms with Gasteiger partial charge in [0.05, 0.1) is 55.6 Å². The summed E-state index contributed by atoms with van der Waals surface area (Å²) < 4.78 is 0.456. The van der Waals surface area contributed by atoms with E-state index in [4.69, 9.17) is 5.73 Å². The summed E-state index contributed by atoms with van der Waals surface area (Å²) in [6, 6.07) is -0.672. The number of carbonyl (C=O) groups is 3. The van der Waals surface area contributed by atoms with Gasteiger partial charge in [0.15, 0.2) is 6.04 Å². The fourth-order valence-corrected chi connectivity index (χ4v) is 6.40. The highest BCUT2D eigenvalue weighted by molar-refractivity contribution is 8.03. The zero-order valence-corrected chi connectivity index (χ0v) is 16.2. The number of aliphatic hydroxyl groups is 1. The number of carboxylic acids is 1. The second kappa shape index (κ2) is 6.24. The number of quaternary nitrogens is 1. The van der Waals surface area contributed by atoms with Gasteiger partial charge >= 0.3 is 0 Å². The summed E-state index contributed by atoms with van der Waals surface area (Å²) in [5.74, 6) is -2.90. The van der Waals surface area contributed by atoms with Gasteiger partial charge in [0, 0.05) is 17.2 Å². The first kappa shape index (κ1) is 19.2. The van der Waals surface area contributed by atoms with Crippen molar-refractivity contribution < 1.29 is 29.1 Å². The Morgan fingerprint density at radius 2 is 2.04 bits per heavy atom. The molecule has 26 heavy (non-hydrogen) atoms. The third-order valence-electron chi connectivity index (χ3n) is 5.93. The average molecular weight is 383 g/mol. The van der Waals surface area contributed by atoms with Gasteiger partial charge in [0.25, 0.3) is 5.91 Å². The molecule has 6 atom stereocenters. The third kappa shape index (κ3) is 2.73. The van der Waals surface area contributed by atoms with E-state index in [9.17, 15) is 24.6 Å². The van der Waals surface area contributed by atoms with Crippen LogP contribution in [0.2, 0.25) is 0 Å². The van der Waals surface area contributed by atoms with Gasteiger partial charge < -0.3 is 30.1 Å². The fraction of sp³-hybridized carbons (Fsp3) is 0.706. The van der Waals surface area contributed by atoms with E-state index in [2.05, 4.69) is 0 Å². The molecule has 0 aromatic heterocycles. The van der Waals surface area contributed by atoms with Crippen molar-refractivity contribution in [2.45, 2.75) is 43.7 Å². The van der Waals surface area contributed by atoms with Crippen molar-refractivity contribution in [3.8, 4) is 0 Å². The van der Waals surface area contributed by atoms with E-state index >= 15 is 0 Å². The second-order valence-electron chi connectivity index (χ2n) is 8.11. The van der Waals surface area contributed by atoms with Crippen LogP contribution in [0.3, 0.4) is 0 Å². The Morgan fingerprint density at radius 1 is 1.42 bits per heavy atom. The number of rotatable bonds is 5. The Labute approximate surface area is 156 Å². The van der Waals surface area contributed by atoms with Crippen LogP contribution in [0.15, 0.2) is 10.6 Å². The number of nitrogens with two attached hydrogens (primary N) is 1. The van der Waals surface area contributed by atoms with Gasteiger partial charge in [-0.2, -0.15) is 0 Å². The van der Waals surface area contributed by atoms with E-state index in [0.29, 0.717) is 22.4 Å². The van der Waals surface area contributed by atoms with Gasteiger partial charge in [0.1, 0.15) is 0 Å². The van der Waals surface area contributed by atoms with E-state index in [1.54, 1.807) is 6.92 Å². The number of fused-ring (bicyclic) bond motifs is 1. The number of β-lactam (4-membered cyclic amide) rings is 1. The van der Waals surface area contributed by atoms with Gasteiger partial charge in [-0.15, -0.1) is 11.8 Å². The third-order valence-corrected chi connectivity index (χ3v) is 7.42. The van der Waals surface area contributed by atoms with Crippen LogP contribution in [-0.2, 0) is 14.4 Å². The molecule has 9 heteroatoms. The molecule has 2 fully saturated rings. The Kier molecular flexibility index (Phi) is 4.61. The standard InChI is InChI=1S/C17H25N3O5S/c1-7-12-11(8(2)21)16(23)19(12)13(17(24)25)14(7)26-9-5-10(15(18)22)20(3,4)6-9/h7-12,21H,5-6H2,1-4H3,(H2-,18,22,24,25)/t7-,8-,9+,10+,11-,12-/m1/s1. The lowest BCUT2D eigenvalue weighted by atomic mass is 9.79. The molecule has 2 saturated heterocycles. The number of aliphatic carboxylic acids is 1. The molecular formula is C17H25N3O5S. The van der Waals surface area contributed by atoms with Crippen molar-refractivity contribution in [2.75, 3.05) is 20.6 Å². The smallest absolute Gasteiger partial charge is 0.275 e. The maximum Gasteiger partial charge on any atom is 0.275 e. The van der Waals surface area contributed by atoms with Crippen LogP contribution in [0.25, 0.3) is 0 Å². The first-order valence-corrected chi connectivity index (χ1v) is 9.60. The Balaban J connectivity index is 1.87. The molecule has 0 aromatic rings. The molecule has 144 valence electrons. The first-order chi connectivity index (χ1) is 12.0. The number of thioether (sulfide) groups is 1. The van der Waals surface area contributed by atoms with Crippen molar-refractivity contribution in [1.29, 1.82) is 0 Å². The maximum atomic E-state index is 12.3. The number of aliphatic hydroxyl groups excluding tert-OH is 1. The summed E-state index contributed by atoms with van der Waals surface area (Å²) in [7, 11) is 3.87. The lowest BCUT2D eigenvalue weighted by Gasteiger charge is -2.47. The maximum absolute atomic E-state index is 12.3. The molecule has 0 bridgehead atoms. The normalized spacial score (nSPS) is 36.7. The number of likely N-dealkylation sites (tertiary alicyclic amines) is 1. The Morgan fingerprint density at radius 3 is 2.50 bits per heavy atom. The van der Waals surface area contributed by atoms with E-state index in [0.717, 1.165) is 0 Å². The van der Waals surface area contributed by atoms with Gasteiger partial charge in [0.2, 0.25) is 5.91 Å². The first-order valence-electron chi connectivity index (χ1n) is 8.72. The van der Waals surface area contributed by atoms with Crippen LogP contribution in [-0.4, -0.2) is 76.4 Å². The van der Waals surface area contributed by atoms with E-state index in [1.165, 1.54) is 16.7 Å². The highest BCUT2D eigenvalue weighted by atomic mass is 32.2. The molecule has 3 heterocycles. The number of carbonyl (C=O) groups excluding carboxylic acids is 3. The molecule has 2 amide bonds. The lowest BCUT2D eigenvalue weighted by Crippen LogP contribution is -2.64. The van der Waals surface area contributed by atoms with Crippen LogP contribution in [0, 0.1) is 11.8 Å². The molecule has 3 N–H and O–H groups in total. The molecule has 3 aliphatic rings. The molecule has 3 rings (SSSR count). The van der Waals surface area contributed by atoms with Crippen LogP contribution in [0.1, 0.15) is 20.3 Å². The highest BCUT2D eigenvalue weighted by Gasteiger charge is 2.59. The number of amides is 2. The number of likely N-dealkylation sites (N-methyl/N-ethyl adjacent to an activating group) is 1. The van der Waals surface area contributed by atoms with E-state index < -0.39 is 18.0 Å². The summed E-state index contributed by atoms with van der Waals surface area (Å²) in [6.45, 7) is 4.09. The predicted octanol–water partition coefficient (Wildman–Crippen LogP) is -1.76. The van der Waals surface area contributed by atoms with Crippen LogP contribution >= 0.6 is 11.8 Å². The molecule has 0 saturated carbocycles. The quantitative estimate of drug-likeness (QED) is 0.428. The second-order valence-corrected chi connectivity index (χ2v) is 9.45. The molecular weight excluding hydrogens is 358 g/mol. The minimum absolute atomic E-state index is 0.0214. The van der Waals surface area contributed by atoms with Gasteiger partial charge in [-0.05, 0) is 6.92 Å². The molecule has 0 radical (unpaired) electrons. The summed E-state index contributed by atoms with van der Waals surface area (Å²) in [6.07, 6.45) is -0.276. The summed E-state index contributed by atoms with van der Waals surface area (Å²) in [5.41, 5.74) is 5.43. The number of primary amides is 1. The van der Waals surface area contributed by atoms with Gasteiger partial charge in [-0.3, -0.25) is 9.59 Å². The largest absolute Gasteiger partial charge is 0.543 e. The van der Waals surface area contributed by atoms with Crippen molar-refractivity contribution in [3.63, 3.8) is 0 Å². The molecule has 0 aliphatic carbocycles. The van der Waals surface area contributed by atoms with Crippen LogP contribution in [0.4, 0.5) is 0 Å². The van der Waals surface area contributed by atoms with Gasteiger partial charge in [-0.25, -0.2) is 0 Å². The molecule has 8 nitrogen and oxygen atoms in total. The topological polar surface area (TPSA) is 124 Å². The molecule has 0 spiro atoms. The number of hydrogen-bond donors (Lipinski definition) is 2. The highest BCUT2D eigenvalue weighted by Crippen LogP contribution is 2.52. The number of carboxylic acid groups (broad SMARTS) is 1. The number of hydrogen-bond acceptors (Lipinski definition) is 6. The molecule has 0 aromatic carbocycles. The Bertz CT molecular complexity index is 705. The Hall–Kier alpha value is -1.58. The monoisotopic (exact) mass is 383 g/mol. The average Bonchev–Trinajstić information content (AvgIpc) is 2.92.